The topological polar surface area (TPSA) is 39.7 Å². The van der Waals surface area contributed by atoms with Crippen LogP contribution in [-0.2, 0) is 0 Å². The molecule has 1 fully saturated rings. The fourth-order valence-electron chi connectivity index (χ4n) is 2.23. The Morgan fingerprint density at radius 2 is 2.05 bits per heavy atom. The van der Waals surface area contributed by atoms with Crippen molar-refractivity contribution in [3.63, 3.8) is 0 Å². The second-order valence-electron chi connectivity index (χ2n) is 5.29. The molecular formula is C14H21FN4O. The highest BCUT2D eigenvalue weighted by molar-refractivity contribution is 5.94. The standard InChI is InChI=1S/C14H21FN4O/c1-17(2)5-6-18-7-9-19(10-8-18)14(20)12-3-4-16-11-13(12)15/h3-4,11H,5-10H2,1-2H3. The Morgan fingerprint density at radius 3 is 2.65 bits per heavy atom. The van der Waals surface area contributed by atoms with Gasteiger partial charge in [0.1, 0.15) is 0 Å². The van der Waals surface area contributed by atoms with Gasteiger partial charge in [-0.15, -0.1) is 0 Å². The van der Waals surface area contributed by atoms with E-state index in [4.69, 9.17) is 0 Å². The molecule has 1 amide bonds. The zero-order valence-corrected chi connectivity index (χ0v) is 12.0. The number of rotatable bonds is 4. The van der Waals surface area contributed by atoms with Gasteiger partial charge >= 0.3 is 0 Å². The number of carbonyl (C=O) groups is 1. The molecule has 5 nitrogen and oxygen atoms in total. The van der Waals surface area contributed by atoms with Gasteiger partial charge in [0.15, 0.2) is 5.82 Å². The van der Waals surface area contributed by atoms with E-state index in [0.29, 0.717) is 13.1 Å². The normalized spacial score (nSPS) is 16.7. The molecule has 0 saturated carbocycles. The molecular weight excluding hydrogens is 259 g/mol. The summed E-state index contributed by atoms with van der Waals surface area (Å²) in [5.74, 6) is -0.787. The van der Waals surface area contributed by atoms with Crippen LogP contribution in [0.5, 0.6) is 0 Å². The van der Waals surface area contributed by atoms with Gasteiger partial charge in [0.25, 0.3) is 5.91 Å². The third-order valence-electron chi connectivity index (χ3n) is 3.53. The number of hydrogen-bond donors (Lipinski definition) is 0. The second-order valence-corrected chi connectivity index (χ2v) is 5.29. The molecule has 1 saturated heterocycles. The van der Waals surface area contributed by atoms with Crippen LogP contribution in [0.1, 0.15) is 10.4 Å². The molecule has 6 heteroatoms. The van der Waals surface area contributed by atoms with Crippen LogP contribution in [0.2, 0.25) is 0 Å². The van der Waals surface area contributed by atoms with Gasteiger partial charge in [-0.05, 0) is 20.2 Å². The van der Waals surface area contributed by atoms with Crippen LogP contribution < -0.4 is 0 Å². The van der Waals surface area contributed by atoms with Crippen LogP contribution in [0.3, 0.4) is 0 Å². The summed E-state index contributed by atoms with van der Waals surface area (Å²) in [5.41, 5.74) is 0.113. The van der Waals surface area contributed by atoms with E-state index in [2.05, 4.69) is 14.8 Å². The zero-order chi connectivity index (χ0) is 14.5. The van der Waals surface area contributed by atoms with Gasteiger partial charge in [0.2, 0.25) is 0 Å². The summed E-state index contributed by atoms with van der Waals surface area (Å²) in [7, 11) is 4.10. The molecule has 110 valence electrons. The maximum Gasteiger partial charge on any atom is 0.257 e. The molecule has 1 aliphatic heterocycles. The number of piperazine rings is 1. The van der Waals surface area contributed by atoms with Crippen LogP contribution >= 0.6 is 0 Å². The van der Waals surface area contributed by atoms with E-state index in [1.54, 1.807) is 4.90 Å². The molecule has 1 aromatic rings. The monoisotopic (exact) mass is 280 g/mol. The van der Waals surface area contributed by atoms with E-state index in [9.17, 15) is 9.18 Å². The molecule has 0 N–H and O–H groups in total. The Bertz CT molecular complexity index is 458. The number of pyridine rings is 1. The predicted octanol–water partition coefficient (Wildman–Crippen LogP) is 0.540. The first-order valence-electron chi connectivity index (χ1n) is 6.84. The first kappa shape index (κ1) is 14.9. The summed E-state index contributed by atoms with van der Waals surface area (Å²) in [4.78, 5) is 22.1. The summed E-state index contributed by atoms with van der Waals surface area (Å²) in [6.45, 7) is 4.98. The number of aromatic nitrogens is 1. The number of likely N-dealkylation sites (N-methyl/N-ethyl adjacent to an activating group) is 1. The van der Waals surface area contributed by atoms with Crippen LogP contribution in [0.25, 0.3) is 0 Å². The average Bonchev–Trinajstić information content (AvgIpc) is 2.45. The van der Waals surface area contributed by atoms with Gasteiger partial charge in [-0.1, -0.05) is 0 Å². The Kier molecular flexibility index (Phi) is 5.03. The Labute approximate surface area is 119 Å². The number of hydrogen-bond acceptors (Lipinski definition) is 4. The van der Waals surface area contributed by atoms with Crippen LogP contribution in [0.4, 0.5) is 4.39 Å². The Morgan fingerprint density at radius 1 is 1.35 bits per heavy atom. The second kappa shape index (κ2) is 6.76. The highest BCUT2D eigenvalue weighted by Crippen LogP contribution is 2.11. The number of halogens is 1. The van der Waals surface area contributed by atoms with E-state index in [0.717, 1.165) is 32.4 Å². The lowest BCUT2D eigenvalue weighted by atomic mass is 10.2. The summed E-state index contributed by atoms with van der Waals surface area (Å²) in [5, 5.41) is 0. The van der Waals surface area contributed by atoms with Crippen molar-refractivity contribution < 1.29 is 9.18 Å². The lowest BCUT2D eigenvalue weighted by Crippen LogP contribution is -2.50. The van der Waals surface area contributed by atoms with Gasteiger partial charge in [0.05, 0.1) is 11.8 Å². The molecule has 0 atom stereocenters. The molecule has 0 aromatic carbocycles. The highest BCUT2D eigenvalue weighted by Gasteiger charge is 2.23. The van der Waals surface area contributed by atoms with Crippen molar-refractivity contribution in [2.45, 2.75) is 0 Å². The predicted molar refractivity (Wildman–Crippen MR) is 75.1 cm³/mol. The van der Waals surface area contributed by atoms with Crippen molar-refractivity contribution in [2.24, 2.45) is 0 Å². The summed E-state index contributed by atoms with van der Waals surface area (Å²) >= 11 is 0. The molecule has 2 rings (SSSR count). The minimum Gasteiger partial charge on any atom is -0.336 e. The van der Waals surface area contributed by atoms with Crippen molar-refractivity contribution in [3.8, 4) is 0 Å². The van der Waals surface area contributed by atoms with Crippen LogP contribution in [0.15, 0.2) is 18.5 Å². The van der Waals surface area contributed by atoms with Gasteiger partial charge < -0.3 is 9.80 Å². The average molecular weight is 280 g/mol. The molecule has 0 aliphatic carbocycles. The van der Waals surface area contributed by atoms with E-state index in [1.165, 1.54) is 12.3 Å². The highest BCUT2D eigenvalue weighted by atomic mass is 19.1. The first-order chi connectivity index (χ1) is 9.58. The third-order valence-corrected chi connectivity index (χ3v) is 3.53. The van der Waals surface area contributed by atoms with Gasteiger partial charge in [0, 0.05) is 45.5 Å². The maximum atomic E-state index is 13.6. The number of carbonyl (C=O) groups excluding carboxylic acids is 1. The Balaban J connectivity index is 1.88. The van der Waals surface area contributed by atoms with Crippen molar-refractivity contribution in [3.05, 3.63) is 29.8 Å². The molecule has 0 spiro atoms. The summed E-state index contributed by atoms with van der Waals surface area (Å²) < 4.78 is 13.6. The van der Waals surface area contributed by atoms with Crippen molar-refractivity contribution in [2.75, 3.05) is 53.4 Å². The first-order valence-corrected chi connectivity index (χ1v) is 6.84. The molecule has 20 heavy (non-hydrogen) atoms. The van der Waals surface area contributed by atoms with E-state index in [1.807, 2.05) is 14.1 Å². The summed E-state index contributed by atoms with van der Waals surface area (Å²) in [6.07, 6.45) is 2.53. The van der Waals surface area contributed by atoms with Gasteiger partial charge in [-0.25, -0.2) is 4.39 Å². The smallest absolute Gasteiger partial charge is 0.257 e. The largest absolute Gasteiger partial charge is 0.336 e. The Hall–Kier alpha value is -1.53. The van der Waals surface area contributed by atoms with Gasteiger partial charge in [-0.3, -0.25) is 14.7 Å². The molecule has 0 unspecified atom stereocenters. The molecule has 0 bridgehead atoms. The fraction of sp³-hybridized carbons (Fsp3) is 0.571. The van der Waals surface area contributed by atoms with Crippen molar-refractivity contribution in [1.29, 1.82) is 0 Å². The lowest BCUT2D eigenvalue weighted by Gasteiger charge is -2.35. The van der Waals surface area contributed by atoms with Crippen molar-refractivity contribution in [1.82, 2.24) is 19.7 Å². The molecule has 1 aromatic heterocycles. The van der Waals surface area contributed by atoms with Crippen LogP contribution in [-0.4, -0.2) is 79.0 Å². The molecule has 0 radical (unpaired) electrons. The van der Waals surface area contributed by atoms with Crippen LogP contribution in [0, 0.1) is 5.82 Å². The van der Waals surface area contributed by atoms with E-state index >= 15 is 0 Å². The minimum absolute atomic E-state index is 0.113. The minimum atomic E-state index is -0.549. The SMILES string of the molecule is CN(C)CCN1CCN(C(=O)c2ccncc2F)CC1. The quantitative estimate of drug-likeness (QED) is 0.807. The number of nitrogens with zero attached hydrogens (tertiary/aromatic N) is 4. The fourth-order valence-corrected chi connectivity index (χ4v) is 2.23. The van der Waals surface area contributed by atoms with E-state index < -0.39 is 5.82 Å². The number of amides is 1. The third kappa shape index (κ3) is 3.74. The molecule has 1 aliphatic rings. The molecule has 2 heterocycles. The van der Waals surface area contributed by atoms with Crippen molar-refractivity contribution >= 4 is 5.91 Å². The lowest BCUT2D eigenvalue weighted by molar-refractivity contribution is 0.0625. The zero-order valence-electron chi connectivity index (χ0n) is 12.0. The maximum absolute atomic E-state index is 13.6. The van der Waals surface area contributed by atoms with Gasteiger partial charge in [-0.2, -0.15) is 0 Å². The summed E-state index contributed by atoms with van der Waals surface area (Å²) in [6, 6.07) is 1.44. The van der Waals surface area contributed by atoms with E-state index in [-0.39, 0.29) is 11.5 Å².